The van der Waals surface area contributed by atoms with E-state index in [0.717, 1.165) is 57.8 Å². The molecule has 0 bridgehead atoms. The lowest BCUT2D eigenvalue weighted by atomic mass is 10.0. The fraction of sp³-hybridized carbons (Fsp3) is 0.855. The number of allylic oxidation sites excluding steroid dienone is 8. The lowest BCUT2D eigenvalue weighted by Gasteiger charge is -2.15. The third kappa shape index (κ3) is 62.4. The molecule has 0 saturated heterocycles. The Balaban J connectivity index is 3.38. The van der Waals surface area contributed by atoms with Crippen molar-refractivity contribution in [2.45, 2.75) is 367 Å². The molecule has 5 nitrogen and oxygen atoms in total. The molecule has 0 spiro atoms. The highest BCUT2D eigenvalue weighted by Crippen LogP contribution is 2.19. The van der Waals surface area contributed by atoms with Gasteiger partial charge in [0.05, 0.1) is 6.61 Å². The molecule has 74 heavy (non-hydrogen) atoms. The van der Waals surface area contributed by atoms with Crippen LogP contribution in [0, 0.1) is 0 Å². The number of ether oxygens (including phenoxy) is 2. The number of carbonyl (C=O) groups is 2. The molecule has 0 rings (SSSR count). The van der Waals surface area contributed by atoms with Gasteiger partial charge in [-0.05, 0) is 51.4 Å². The van der Waals surface area contributed by atoms with Crippen molar-refractivity contribution in [2.75, 3.05) is 13.2 Å². The van der Waals surface area contributed by atoms with Crippen molar-refractivity contribution in [3.63, 3.8) is 0 Å². The van der Waals surface area contributed by atoms with Crippen molar-refractivity contribution in [3.8, 4) is 0 Å². The van der Waals surface area contributed by atoms with Gasteiger partial charge in [-0.3, -0.25) is 9.59 Å². The van der Waals surface area contributed by atoms with Crippen LogP contribution in [-0.2, 0) is 19.1 Å². The van der Waals surface area contributed by atoms with E-state index in [0.29, 0.717) is 12.8 Å². The van der Waals surface area contributed by atoms with Gasteiger partial charge < -0.3 is 14.6 Å². The maximum atomic E-state index is 12.3. The number of carbonyl (C=O) groups excluding carboxylic acids is 2. The van der Waals surface area contributed by atoms with E-state index < -0.39 is 6.10 Å². The summed E-state index contributed by atoms with van der Waals surface area (Å²) in [5, 5.41) is 9.69. The van der Waals surface area contributed by atoms with Crippen LogP contribution in [0.15, 0.2) is 48.6 Å². The number of unbranched alkanes of at least 4 members (excludes halogenated alkanes) is 46. The van der Waals surface area contributed by atoms with Crippen LogP contribution in [0.1, 0.15) is 361 Å². The topological polar surface area (TPSA) is 72.8 Å². The Morgan fingerprint density at radius 1 is 0.324 bits per heavy atom. The first kappa shape index (κ1) is 71.9. The minimum Gasteiger partial charge on any atom is -0.462 e. The first-order valence-corrected chi connectivity index (χ1v) is 33.2. The van der Waals surface area contributed by atoms with E-state index in [-0.39, 0.29) is 25.2 Å². The van der Waals surface area contributed by atoms with Crippen molar-refractivity contribution in [2.24, 2.45) is 0 Å². The Morgan fingerprint density at radius 3 is 0.878 bits per heavy atom. The van der Waals surface area contributed by atoms with E-state index in [1.807, 2.05) is 0 Å². The second-order valence-corrected chi connectivity index (χ2v) is 22.5. The van der Waals surface area contributed by atoms with E-state index in [2.05, 4.69) is 62.5 Å². The maximum Gasteiger partial charge on any atom is 0.306 e. The van der Waals surface area contributed by atoms with Gasteiger partial charge in [-0.25, -0.2) is 0 Å². The van der Waals surface area contributed by atoms with E-state index in [1.54, 1.807) is 0 Å². The molecule has 5 heteroatoms. The maximum absolute atomic E-state index is 12.3. The van der Waals surface area contributed by atoms with Gasteiger partial charge in [0.2, 0.25) is 0 Å². The van der Waals surface area contributed by atoms with Gasteiger partial charge in [0.15, 0.2) is 6.10 Å². The van der Waals surface area contributed by atoms with E-state index in [4.69, 9.17) is 9.47 Å². The smallest absolute Gasteiger partial charge is 0.306 e. The predicted molar refractivity (Wildman–Crippen MR) is 325 cm³/mol. The van der Waals surface area contributed by atoms with Crippen molar-refractivity contribution >= 4 is 11.9 Å². The van der Waals surface area contributed by atoms with Crippen LogP contribution < -0.4 is 0 Å². The average molecular weight is 1040 g/mol. The molecule has 1 atom stereocenters. The van der Waals surface area contributed by atoms with Crippen molar-refractivity contribution in [3.05, 3.63) is 48.6 Å². The van der Waals surface area contributed by atoms with Crippen LogP contribution >= 0.6 is 0 Å². The Hall–Kier alpha value is -2.14. The summed E-state index contributed by atoms with van der Waals surface area (Å²) in [6.07, 6.45) is 87.1. The van der Waals surface area contributed by atoms with Crippen molar-refractivity contribution in [1.29, 1.82) is 0 Å². The first-order chi connectivity index (χ1) is 36.6. The Labute approximate surface area is 462 Å². The molecule has 0 radical (unpaired) electrons. The monoisotopic (exact) mass is 1040 g/mol. The third-order valence-electron chi connectivity index (χ3n) is 15.1. The van der Waals surface area contributed by atoms with Gasteiger partial charge in [0.25, 0.3) is 0 Å². The summed E-state index contributed by atoms with van der Waals surface area (Å²) in [6.45, 7) is 4.09. The fourth-order valence-electron chi connectivity index (χ4n) is 10.2. The normalized spacial score (nSPS) is 12.4. The molecular weight excluding hydrogens is 909 g/mol. The predicted octanol–water partition coefficient (Wildman–Crippen LogP) is 22.8. The van der Waals surface area contributed by atoms with Crippen LogP contribution in [0.25, 0.3) is 0 Å². The lowest BCUT2D eigenvalue weighted by Crippen LogP contribution is -2.28. The quantitative estimate of drug-likeness (QED) is 0.0373. The third-order valence-corrected chi connectivity index (χ3v) is 15.1. The Bertz CT molecular complexity index is 1220. The number of rotatable bonds is 62. The molecule has 0 aliphatic carbocycles. The lowest BCUT2D eigenvalue weighted by molar-refractivity contribution is -0.161. The molecule has 1 N–H and O–H groups in total. The van der Waals surface area contributed by atoms with Crippen LogP contribution in [0.5, 0.6) is 0 Å². The minimum atomic E-state index is -0.768. The molecule has 0 aromatic heterocycles. The van der Waals surface area contributed by atoms with Crippen LogP contribution in [0.2, 0.25) is 0 Å². The Kier molecular flexibility index (Phi) is 63.3. The van der Waals surface area contributed by atoms with Crippen LogP contribution in [0.4, 0.5) is 0 Å². The minimum absolute atomic E-state index is 0.0586. The molecule has 1 unspecified atom stereocenters. The summed E-state index contributed by atoms with van der Waals surface area (Å²) < 4.78 is 10.8. The summed E-state index contributed by atoms with van der Waals surface area (Å²) in [5.41, 5.74) is 0. The van der Waals surface area contributed by atoms with E-state index in [1.165, 1.54) is 276 Å². The van der Waals surface area contributed by atoms with E-state index >= 15 is 0 Å². The van der Waals surface area contributed by atoms with Gasteiger partial charge in [0, 0.05) is 12.8 Å². The van der Waals surface area contributed by atoms with Gasteiger partial charge in [-0.15, -0.1) is 0 Å². The summed E-state index contributed by atoms with van der Waals surface area (Å²) in [7, 11) is 0. The number of hydrogen-bond donors (Lipinski definition) is 1. The zero-order valence-electron chi connectivity index (χ0n) is 49.9. The molecule has 0 saturated carbocycles. The second-order valence-electron chi connectivity index (χ2n) is 22.5. The van der Waals surface area contributed by atoms with Crippen molar-refractivity contribution in [1.82, 2.24) is 0 Å². The largest absolute Gasteiger partial charge is 0.462 e. The molecule has 0 aromatic rings. The molecule has 0 aliphatic rings. The zero-order valence-corrected chi connectivity index (χ0v) is 49.9. The number of aliphatic hydroxyl groups excluding tert-OH is 1. The second kappa shape index (κ2) is 65.1. The number of esters is 2. The highest BCUT2D eigenvalue weighted by atomic mass is 16.6. The van der Waals surface area contributed by atoms with Crippen LogP contribution in [0.3, 0.4) is 0 Å². The van der Waals surface area contributed by atoms with Gasteiger partial charge >= 0.3 is 11.9 Å². The summed E-state index contributed by atoms with van der Waals surface area (Å²) in [5.74, 6) is -0.566. The van der Waals surface area contributed by atoms with Gasteiger partial charge in [0.1, 0.15) is 6.61 Å². The van der Waals surface area contributed by atoms with Crippen molar-refractivity contribution < 1.29 is 24.2 Å². The highest BCUT2D eigenvalue weighted by Gasteiger charge is 2.16. The van der Waals surface area contributed by atoms with Gasteiger partial charge in [-0.2, -0.15) is 0 Å². The molecule has 0 aliphatic heterocycles. The average Bonchev–Trinajstić information content (AvgIpc) is 3.40. The summed E-state index contributed by atoms with van der Waals surface area (Å²) in [6, 6.07) is 0. The molecule has 0 heterocycles. The number of aliphatic hydroxyl groups is 1. The number of hydrogen-bond acceptors (Lipinski definition) is 5. The summed E-state index contributed by atoms with van der Waals surface area (Å²) in [4.78, 5) is 24.6. The molecule has 0 aromatic carbocycles. The molecule has 0 fully saturated rings. The van der Waals surface area contributed by atoms with E-state index in [9.17, 15) is 14.7 Å². The highest BCUT2D eigenvalue weighted by molar-refractivity contribution is 5.70. The molecule has 434 valence electrons. The molecule has 0 amide bonds. The first-order valence-electron chi connectivity index (χ1n) is 33.2. The SMILES string of the molecule is CC/C=C\C/C=C\C/C=C\C/C=C\CCCCCCCCCCCCCCCCCCCCCCCCCCC(=O)OC(CO)COC(=O)CCCCCCCCCCCCCCCCCCCCCCCCC. The fourth-order valence-corrected chi connectivity index (χ4v) is 10.2. The standard InChI is InChI=1S/C69H128O5/c1-3-5-7-9-11-13-15-17-19-21-23-25-27-28-29-30-31-32-33-34-35-36-37-38-39-40-42-44-46-48-50-52-54-56-58-60-62-64-69(72)74-67(65-70)66-73-68(71)63-61-59-57-55-53-51-49-47-45-43-41-26-24-22-20-18-16-14-12-10-8-6-4-2/h5,7,11,13,17,19,23,25,67,70H,3-4,6,8-10,12,14-16,18,20-22,24,26-66H2,1-2H3/b7-5-,13-11-,19-17-,25-23-. The van der Waals surface area contributed by atoms with Crippen LogP contribution in [-0.4, -0.2) is 36.4 Å². The molecular formula is C69H128O5. The zero-order chi connectivity index (χ0) is 53.4. The summed E-state index contributed by atoms with van der Waals surface area (Å²) >= 11 is 0. The van der Waals surface area contributed by atoms with Gasteiger partial charge in [-0.1, -0.05) is 345 Å². The Morgan fingerprint density at radius 2 is 0.581 bits per heavy atom.